The highest BCUT2D eigenvalue weighted by molar-refractivity contribution is 9.10. The van der Waals surface area contributed by atoms with Gasteiger partial charge in [0, 0.05) is 24.1 Å². The average Bonchev–Trinajstić information content (AvgIpc) is 2.86. The Kier molecular flexibility index (Phi) is 5.81. The Balaban J connectivity index is 2.09. The molecule has 1 saturated heterocycles. The fourth-order valence-corrected chi connectivity index (χ4v) is 3.61. The Bertz CT molecular complexity index is 693. The van der Waals surface area contributed by atoms with Crippen LogP contribution in [-0.4, -0.2) is 31.1 Å². The van der Waals surface area contributed by atoms with Crippen molar-refractivity contribution in [3.63, 3.8) is 0 Å². The normalized spacial score (nSPS) is 17.9. The van der Waals surface area contributed by atoms with Crippen LogP contribution in [0.4, 0.5) is 13.2 Å². The number of hydrogen-bond acceptors (Lipinski definition) is 2. The molecule has 134 valence electrons. The smallest absolute Gasteiger partial charge is 0.315 e. The van der Waals surface area contributed by atoms with E-state index in [-0.39, 0.29) is 0 Å². The zero-order valence-corrected chi connectivity index (χ0v) is 15.3. The minimum Gasteiger partial charge on any atom is -0.315 e. The van der Waals surface area contributed by atoms with Gasteiger partial charge in [-0.15, -0.1) is 0 Å². The van der Waals surface area contributed by atoms with E-state index in [9.17, 15) is 13.2 Å². The summed E-state index contributed by atoms with van der Waals surface area (Å²) in [5.41, 5.74) is 0.640. The molecule has 1 aliphatic rings. The van der Waals surface area contributed by atoms with Crippen molar-refractivity contribution < 1.29 is 13.2 Å². The molecule has 0 amide bonds. The number of nitrogens with one attached hydrogen (secondary N) is 1. The highest BCUT2D eigenvalue weighted by Gasteiger charge is 2.36. The van der Waals surface area contributed by atoms with Gasteiger partial charge in [-0.1, -0.05) is 46.3 Å². The van der Waals surface area contributed by atoms with Crippen LogP contribution in [0.5, 0.6) is 0 Å². The van der Waals surface area contributed by atoms with Gasteiger partial charge in [0.1, 0.15) is 0 Å². The van der Waals surface area contributed by atoms with Crippen LogP contribution >= 0.6 is 15.9 Å². The van der Waals surface area contributed by atoms with Gasteiger partial charge in [0.05, 0.1) is 11.6 Å². The predicted octanol–water partition coefficient (Wildman–Crippen LogP) is 4.85. The molecule has 1 heterocycles. The van der Waals surface area contributed by atoms with E-state index in [0.717, 1.165) is 36.1 Å². The number of nitrogens with zero attached hydrogens (tertiary/aromatic N) is 1. The van der Waals surface area contributed by atoms with Gasteiger partial charge in [0.15, 0.2) is 0 Å². The SMILES string of the molecule is FC(F)(F)c1ccccc1C(c1ccc(Br)cc1)N1CCCNCC1. The number of rotatable bonds is 3. The van der Waals surface area contributed by atoms with E-state index in [1.54, 1.807) is 12.1 Å². The van der Waals surface area contributed by atoms with Crippen molar-refractivity contribution in [3.8, 4) is 0 Å². The van der Waals surface area contributed by atoms with Gasteiger partial charge in [-0.3, -0.25) is 4.90 Å². The first-order valence-corrected chi connectivity index (χ1v) is 9.12. The zero-order valence-electron chi connectivity index (χ0n) is 13.7. The fraction of sp³-hybridized carbons (Fsp3) is 0.368. The van der Waals surface area contributed by atoms with Crippen molar-refractivity contribution in [1.82, 2.24) is 10.2 Å². The Morgan fingerprint density at radius 2 is 1.68 bits per heavy atom. The molecule has 0 radical (unpaired) electrons. The fourth-order valence-electron chi connectivity index (χ4n) is 3.35. The van der Waals surface area contributed by atoms with Crippen molar-refractivity contribution in [2.24, 2.45) is 0 Å². The summed E-state index contributed by atoms with van der Waals surface area (Å²) < 4.78 is 41.7. The summed E-state index contributed by atoms with van der Waals surface area (Å²) in [5, 5.41) is 3.32. The first-order chi connectivity index (χ1) is 12.0. The predicted molar refractivity (Wildman–Crippen MR) is 96.5 cm³/mol. The number of benzene rings is 2. The Hall–Kier alpha value is -1.37. The van der Waals surface area contributed by atoms with Crippen LogP contribution in [0.1, 0.15) is 29.2 Å². The second-order valence-electron chi connectivity index (χ2n) is 6.18. The van der Waals surface area contributed by atoms with Gasteiger partial charge in [-0.05, 0) is 42.3 Å². The number of halogens is 4. The third kappa shape index (κ3) is 4.43. The van der Waals surface area contributed by atoms with Crippen LogP contribution in [0.25, 0.3) is 0 Å². The number of alkyl halides is 3. The molecule has 1 N–H and O–H groups in total. The Labute approximate surface area is 154 Å². The van der Waals surface area contributed by atoms with Gasteiger partial charge in [0.25, 0.3) is 0 Å². The summed E-state index contributed by atoms with van der Waals surface area (Å²) in [7, 11) is 0. The molecule has 3 rings (SSSR count). The van der Waals surface area contributed by atoms with Gasteiger partial charge in [-0.25, -0.2) is 0 Å². The van der Waals surface area contributed by atoms with Crippen LogP contribution in [-0.2, 0) is 6.18 Å². The third-order valence-electron chi connectivity index (χ3n) is 4.49. The lowest BCUT2D eigenvalue weighted by molar-refractivity contribution is -0.138. The van der Waals surface area contributed by atoms with Crippen molar-refractivity contribution in [2.45, 2.75) is 18.6 Å². The van der Waals surface area contributed by atoms with Crippen molar-refractivity contribution in [3.05, 3.63) is 69.7 Å². The summed E-state index contributed by atoms with van der Waals surface area (Å²) in [6.07, 6.45) is -3.45. The molecular weight excluding hydrogens is 393 g/mol. The lowest BCUT2D eigenvalue weighted by Gasteiger charge is -2.33. The van der Waals surface area contributed by atoms with Gasteiger partial charge in [-0.2, -0.15) is 13.2 Å². The Morgan fingerprint density at radius 3 is 2.40 bits per heavy atom. The van der Waals surface area contributed by atoms with E-state index >= 15 is 0 Å². The molecule has 0 aromatic heterocycles. The number of hydrogen-bond donors (Lipinski definition) is 1. The van der Waals surface area contributed by atoms with Crippen molar-refractivity contribution in [1.29, 1.82) is 0 Å². The molecule has 1 unspecified atom stereocenters. The van der Waals surface area contributed by atoms with E-state index in [0.29, 0.717) is 12.1 Å². The standard InChI is InChI=1S/C19H20BrF3N2/c20-15-8-6-14(7-9-15)18(25-12-3-10-24-11-13-25)16-4-1-2-5-17(16)19(21,22)23/h1-2,4-9,18,24H,3,10-13H2. The molecule has 6 heteroatoms. The average molecular weight is 413 g/mol. The van der Waals surface area contributed by atoms with E-state index in [1.165, 1.54) is 12.1 Å². The lowest BCUT2D eigenvalue weighted by atomic mass is 9.92. The maximum atomic E-state index is 13.6. The Morgan fingerprint density at radius 1 is 0.960 bits per heavy atom. The van der Waals surface area contributed by atoms with Crippen LogP contribution < -0.4 is 5.32 Å². The molecule has 1 atom stereocenters. The van der Waals surface area contributed by atoms with Crippen LogP contribution in [0.15, 0.2) is 53.0 Å². The summed E-state index contributed by atoms with van der Waals surface area (Å²) >= 11 is 3.40. The minimum absolute atomic E-state index is 0.319. The monoisotopic (exact) mass is 412 g/mol. The molecular formula is C19H20BrF3N2. The van der Waals surface area contributed by atoms with Crippen LogP contribution in [0.3, 0.4) is 0 Å². The quantitative estimate of drug-likeness (QED) is 0.774. The van der Waals surface area contributed by atoms with E-state index < -0.39 is 17.8 Å². The maximum absolute atomic E-state index is 13.6. The summed E-state index contributed by atoms with van der Waals surface area (Å²) in [4.78, 5) is 2.15. The second kappa shape index (κ2) is 7.89. The van der Waals surface area contributed by atoms with Gasteiger partial charge in [0.2, 0.25) is 0 Å². The van der Waals surface area contributed by atoms with Crippen LogP contribution in [0.2, 0.25) is 0 Å². The van der Waals surface area contributed by atoms with Crippen LogP contribution in [0, 0.1) is 0 Å². The molecule has 0 saturated carbocycles. The first-order valence-electron chi connectivity index (χ1n) is 8.33. The highest BCUT2D eigenvalue weighted by atomic mass is 79.9. The molecule has 1 fully saturated rings. The largest absolute Gasteiger partial charge is 0.416 e. The summed E-state index contributed by atoms with van der Waals surface area (Å²) in [6, 6.07) is 13.1. The minimum atomic E-state index is -4.37. The highest BCUT2D eigenvalue weighted by Crippen LogP contribution is 2.39. The van der Waals surface area contributed by atoms with E-state index in [4.69, 9.17) is 0 Å². The van der Waals surface area contributed by atoms with Crippen molar-refractivity contribution in [2.75, 3.05) is 26.2 Å². The molecule has 2 aromatic carbocycles. The van der Waals surface area contributed by atoms with Crippen molar-refractivity contribution >= 4 is 15.9 Å². The molecule has 0 bridgehead atoms. The second-order valence-corrected chi connectivity index (χ2v) is 7.09. The summed E-state index contributed by atoms with van der Waals surface area (Å²) in [6.45, 7) is 3.15. The zero-order chi connectivity index (χ0) is 17.9. The van der Waals surface area contributed by atoms with E-state index in [2.05, 4.69) is 26.1 Å². The molecule has 0 aliphatic carbocycles. The third-order valence-corrected chi connectivity index (χ3v) is 5.02. The molecule has 0 spiro atoms. The lowest BCUT2D eigenvalue weighted by Crippen LogP contribution is -2.34. The molecule has 1 aliphatic heterocycles. The molecule has 2 aromatic rings. The maximum Gasteiger partial charge on any atom is 0.416 e. The molecule has 25 heavy (non-hydrogen) atoms. The van der Waals surface area contributed by atoms with Gasteiger partial charge >= 0.3 is 6.18 Å². The summed E-state index contributed by atoms with van der Waals surface area (Å²) in [5.74, 6) is 0. The van der Waals surface area contributed by atoms with E-state index in [1.807, 2.05) is 24.3 Å². The topological polar surface area (TPSA) is 15.3 Å². The first kappa shape index (κ1) is 18.4. The molecule has 2 nitrogen and oxygen atoms in total. The van der Waals surface area contributed by atoms with Gasteiger partial charge < -0.3 is 5.32 Å².